The van der Waals surface area contributed by atoms with E-state index in [0.717, 1.165) is 0 Å². The minimum absolute atomic E-state index is 0.500. The van der Waals surface area contributed by atoms with Crippen molar-refractivity contribution in [3.8, 4) is 0 Å². The molecule has 0 atom stereocenters. The number of carboxylic acid groups (broad SMARTS) is 1. The second-order valence-corrected chi connectivity index (χ2v) is 0.502. The molecule has 0 aliphatic heterocycles. The summed E-state index contributed by atoms with van der Waals surface area (Å²) in [5.74, 6) is 0. The molecule has 0 spiro atoms. The van der Waals surface area contributed by atoms with Crippen LogP contribution in [0, 0.1) is 0 Å². The maximum Gasteiger partial charge on any atom is 0.131 e. The first-order valence-corrected chi connectivity index (χ1v) is 1.55. The maximum absolute atomic E-state index is 8.67. The monoisotopic (exact) mass is 144 g/mol. The predicted octanol–water partition coefficient (Wildman–Crippen LogP) is -1.93. The van der Waals surface area contributed by atoms with E-state index >= 15 is 0 Å². The highest BCUT2D eigenvalue weighted by atomic mass is 16.4. The molecule has 1 amide bonds. The quantitative estimate of drug-likeness (QED) is 0.311. The van der Waals surface area contributed by atoms with Gasteiger partial charge in [-0.1, -0.05) is 0 Å². The summed E-state index contributed by atoms with van der Waals surface area (Å²) in [5, 5.41) is 22.2. The molecule has 56 valence electrons. The summed E-state index contributed by atoms with van der Waals surface area (Å²) in [6.45, 7) is 0. The van der Waals surface area contributed by atoms with Crippen LogP contribution in [0.1, 0.15) is 0 Å². The zero-order chi connectivity index (χ0) is 8.99. The molecule has 0 heterocycles. The molecule has 0 aliphatic carbocycles. The van der Waals surface area contributed by atoms with Crippen LogP contribution in [0.4, 0.5) is 4.79 Å². The number of hydrogen-bond acceptors (Lipinski definition) is 4. The van der Waals surface area contributed by atoms with E-state index in [-0.39, 0.29) is 0 Å². The number of nitrogens with two attached hydrogens (primary N) is 1. The fraction of sp³-hybridized carbons (Fsp3) is 0. The highest BCUT2D eigenvalue weighted by molar-refractivity contribution is 5.58. The Balaban J connectivity index is -0.0000000750. The first kappa shape index (κ1) is 15.7. The van der Waals surface area contributed by atoms with Crippen LogP contribution in [-0.2, 0) is 9.59 Å². The average Bonchev–Trinajstić information content (AvgIpc) is 1.65. The van der Waals surface area contributed by atoms with E-state index < -0.39 is 6.09 Å². The van der Waals surface area contributed by atoms with Crippen LogP contribution in [0.2, 0.25) is 0 Å². The number of nitrogens with zero attached hydrogens (tertiary/aromatic N) is 2. The summed E-state index contributed by atoms with van der Waals surface area (Å²) in [7, 11) is 0. The minimum atomic E-state index is -1.58. The smallest absolute Gasteiger partial charge is 0.131 e. The molecule has 0 aromatic carbocycles. The molecule has 0 saturated heterocycles. The molecule has 0 aromatic heterocycles. The summed E-state index contributed by atoms with van der Waals surface area (Å²) in [4.78, 5) is 25.1. The Morgan fingerprint density at radius 1 is 1.30 bits per heavy atom. The third kappa shape index (κ3) is 39.3. The summed E-state index contributed by atoms with van der Waals surface area (Å²) in [6.07, 6.45) is -0.583. The Labute approximate surface area is 55.5 Å². The van der Waals surface area contributed by atoms with Gasteiger partial charge in [0.25, 0.3) is 0 Å². The third-order valence-electron chi connectivity index (χ3n) is 0. The number of amides is 1. The van der Waals surface area contributed by atoms with Crippen molar-refractivity contribution < 1.29 is 19.5 Å². The van der Waals surface area contributed by atoms with Crippen LogP contribution in [0.25, 0.3) is 10.8 Å². The molecule has 0 rings (SSSR count). The summed E-state index contributed by atoms with van der Waals surface area (Å²) in [6, 6.07) is 0. The van der Waals surface area contributed by atoms with E-state index in [9.17, 15) is 0 Å². The van der Waals surface area contributed by atoms with Gasteiger partial charge in [-0.25, -0.2) is 0 Å². The zero-order valence-corrected chi connectivity index (χ0v) is 4.60. The first-order valence-electron chi connectivity index (χ1n) is 1.55. The second-order valence-electron chi connectivity index (χ2n) is 0.502. The Hall–Kier alpha value is -1.97. The van der Waals surface area contributed by atoms with Gasteiger partial charge in [0.2, 0.25) is 0 Å². The van der Waals surface area contributed by atoms with Gasteiger partial charge < -0.3 is 26.5 Å². The van der Waals surface area contributed by atoms with E-state index in [1.54, 1.807) is 0 Å². The van der Waals surface area contributed by atoms with Crippen molar-refractivity contribution in [2.75, 3.05) is 0 Å². The van der Waals surface area contributed by atoms with Gasteiger partial charge in [0.05, 0.1) is 0 Å². The average molecular weight is 144 g/mol. The number of rotatable bonds is 0. The third-order valence-corrected chi connectivity index (χ3v) is 0. The molecule has 7 nitrogen and oxygen atoms in total. The highest BCUT2D eigenvalue weighted by Crippen LogP contribution is 1.23. The van der Waals surface area contributed by atoms with Crippen LogP contribution in [0.3, 0.4) is 0 Å². The molecule has 0 saturated carbocycles. The van der Waals surface area contributed by atoms with Crippen LogP contribution >= 0.6 is 0 Å². The molecule has 2 N–H and O–H groups in total. The van der Waals surface area contributed by atoms with Crippen LogP contribution in [0.15, 0.2) is 0 Å². The van der Waals surface area contributed by atoms with Gasteiger partial charge in [-0.2, -0.15) is 0 Å². The molecule has 0 unspecified atom stereocenters. The van der Waals surface area contributed by atoms with Gasteiger partial charge in [-0.15, -0.1) is 0 Å². The van der Waals surface area contributed by atoms with Crippen molar-refractivity contribution in [2.45, 2.75) is 0 Å². The van der Waals surface area contributed by atoms with Crippen LogP contribution in [-0.4, -0.2) is 18.3 Å². The van der Waals surface area contributed by atoms with E-state index in [4.69, 9.17) is 30.3 Å². The highest BCUT2D eigenvalue weighted by Gasteiger charge is 1.44. The Kier molecular flexibility index (Phi) is 43.7. The van der Waals surface area contributed by atoms with Gasteiger partial charge >= 0.3 is 0 Å². The normalized spacial score (nSPS) is 4.00. The van der Waals surface area contributed by atoms with Crippen molar-refractivity contribution in [1.82, 2.24) is 0 Å². The van der Waals surface area contributed by atoms with Crippen molar-refractivity contribution in [3.05, 3.63) is 10.8 Å². The van der Waals surface area contributed by atoms with Crippen molar-refractivity contribution in [2.24, 2.45) is 5.73 Å². The molecule has 0 aliphatic rings. The fourth-order valence-electron chi connectivity index (χ4n) is 0. The van der Waals surface area contributed by atoms with Gasteiger partial charge in [0.15, 0.2) is 0 Å². The van der Waals surface area contributed by atoms with Gasteiger partial charge in [-0.05, 0) is 12.2 Å². The Bertz CT molecular complexity index is 126. The Morgan fingerprint density at radius 3 is 1.30 bits per heavy atom. The maximum atomic E-state index is 8.67. The predicted molar refractivity (Wildman–Crippen MR) is 27.7 cm³/mol. The second kappa shape index (κ2) is 27.8. The molecular weight excluding hydrogens is 142 g/mol. The van der Waals surface area contributed by atoms with Crippen LogP contribution in [0.5, 0.6) is 0 Å². The van der Waals surface area contributed by atoms with E-state index in [1.165, 1.54) is 0 Å². The largest absolute Gasteiger partial charge is 0.724 e. The van der Waals surface area contributed by atoms with Crippen molar-refractivity contribution in [1.29, 1.82) is 0 Å². The fourth-order valence-corrected chi connectivity index (χ4v) is 0. The first-order chi connectivity index (χ1) is 4.56. The van der Waals surface area contributed by atoms with Crippen LogP contribution < -0.4 is 10.8 Å². The standard InChI is InChI=1S/CH3NO2.2CNO/c2-1(3)4;2*2-1-3/h2H2,(H,3,4);;/q;2*-1/p-1. The lowest BCUT2D eigenvalue weighted by Crippen LogP contribution is -2.29. The lowest BCUT2D eigenvalue weighted by molar-refractivity contribution is -0.245. The number of carbonyl (C=O) groups excluding carboxylic acids is 3. The van der Waals surface area contributed by atoms with Gasteiger partial charge in [0.1, 0.15) is 6.09 Å². The number of isocyanates is 2. The molecular formula is C3H2N3O4-3. The lowest BCUT2D eigenvalue weighted by atomic mass is 11.3. The van der Waals surface area contributed by atoms with E-state index in [0.29, 0.717) is 12.2 Å². The lowest BCUT2D eigenvalue weighted by Gasteiger charge is -1.78. The molecule has 0 radical (unpaired) electrons. The van der Waals surface area contributed by atoms with Gasteiger partial charge in [-0.3, -0.25) is 9.59 Å². The van der Waals surface area contributed by atoms with E-state index in [1.807, 2.05) is 0 Å². The topological polar surface area (TPSA) is 145 Å². The van der Waals surface area contributed by atoms with Crippen molar-refractivity contribution in [3.63, 3.8) is 0 Å². The molecule has 0 aromatic rings. The van der Waals surface area contributed by atoms with Gasteiger partial charge in [0, 0.05) is 0 Å². The summed E-state index contributed by atoms with van der Waals surface area (Å²) in [5.41, 5.74) is 3.92. The number of carbonyl (C=O) groups is 1. The number of hydrogen-bond donors (Lipinski definition) is 1. The van der Waals surface area contributed by atoms with Crippen molar-refractivity contribution >= 4 is 18.3 Å². The summed E-state index contributed by atoms with van der Waals surface area (Å²) < 4.78 is 0. The van der Waals surface area contributed by atoms with E-state index in [2.05, 4.69) is 5.73 Å². The molecule has 0 fully saturated rings. The summed E-state index contributed by atoms with van der Waals surface area (Å²) >= 11 is 0. The SMILES string of the molecule is NC(=O)[O-].[N-]=C=O.[N-]=C=O. The minimum Gasteiger partial charge on any atom is -0.724 e. The Morgan fingerprint density at radius 2 is 1.30 bits per heavy atom. The molecule has 10 heavy (non-hydrogen) atoms. The zero-order valence-electron chi connectivity index (χ0n) is 4.60. The molecule has 7 heteroatoms. The number of primary amides is 1. The molecule has 0 bridgehead atoms.